The second-order valence-corrected chi connectivity index (χ2v) is 8.21. The van der Waals surface area contributed by atoms with Gasteiger partial charge in [0.25, 0.3) is 0 Å². The van der Waals surface area contributed by atoms with Crippen LogP contribution in [0.5, 0.6) is 0 Å². The number of anilines is 2. The van der Waals surface area contributed by atoms with Crippen LogP contribution in [-0.4, -0.2) is 55.7 Å². The van der Waals surface area contributed by atoms with Gasteiger partial charge in [-0.3, -0.25) is 4.98 Å². The van der Waals surface area contributed by atoms with Crippen molar-refractivity contribution in [1.29, 1.82) is 0 Å². The van der Waals surface area contributed by atoms with E-state index in [-0.39, 0.29) is 0 Å². The summed E-state index contributed by atoms with van der Waals surface area (Å²) in [6.07, 6.45) is 11.9. The number of hydrogen-bond donors (Lipinski definition) is 0. The van der Waals surface area contributed by atoms with Crippen LogP contribution in [0.3, 0.4) is 0 Å². The quantitative estimate of drug-likeness (QED) is 0.660. The summed E-state index contributed by atoms with van der Waals surface area (Å²) in [4.78, 5) is 23.5. The Hall–Kier alpha value is -3.03. The monoisotopic (exact) mass is 404 g/mol. The van der Waals surface area contributed by atoms with Crippen molar-refractivity contribution in [1.82, 2.24) is 29.5 Å². The summed E-state index contributed by atoms with van der Waals surface area (Å²) in [5, 5.41) is 4.60. The predicted molar refractivity (Wildman–Crippen MR) is 119 cm³/mol. The third kappa shape index (κ3) is 3.74. The summed E-state index contributed by atoms with van der Waals surface area (Å²) in [5.41, 5.74) is 2.62. The highest BCUT2D eigenvalue weighted by molar-refractivity contribution is 5.66. The number of fused-ring (bicyclic) bond motifs is 1. The molecule has 2 saturated heterocycles. The van der Waals surface area contributed by atoms with E-state index in [9.17, 15) is 0 Å². The van der Waals surface area contributed by atoms with Gasteiger partial charge in [0.1, 0.15) is 11.6 Å². The van der Waals surface area contributed by atoms with E-state index in [1.165, 1.54) is 32.1 Å². The Balaban J connectivity index is 1.48. The fourth-order valence-corrected chi connectivity index (χ4v) is 4.24. The molecule has 156 valence electrons. The van der Waals surface area contributed by atoms with Crippen LogP contribution < -0.4 is 9.80 Å². The first-order chi connectivity index (χ1) is 14.7. The second kappa shape index (κ2) is 8.01. The van der Waals surface area contributed by atoms with E-state index in [1.54, 1.807) is 0 Å². The molecule has 0 unspecified atom stereocenters. The maximum Gasteiger partial charge on any atom is 0.177 e. The SMILES string of the molecule is Cc1ncc(C)n2nc(/C=C/c3nc(N4CCCCC4)cc(N4CCCC4)n3)nc12. The molecule has 3 aromatic rings. The van der Waals surface area contributed by atoms with Crippen LogP contribution in [0.15, 0.2) is 12.3 Å². The molecule has 8 heteroatoms. The van der Waals surface area contributed by atoms with Gasteiger partial charge in [0.15, 0.2) is 17.3 Å². The zero-order valence-electron chi connectivity index (χ0n) is 17.8. The van der Waals surface area contributed by atoms with Gasteiger partial charge in [-0.1, -0.05) is 0 Å². The predicted octanol–water partition coefficient (Wildman–Crippen LogP) is 3.29. The van der Waals surface area contributed by atoms with Crippen LogP contribution in [0.1, 0.15) is 55.1 Å². The number of rotatable bonds is 4. The van der Waals surface area contributed by atoms with E-state index in [4.69, 9.17) is 9.97 Å². The normalized spacial score (nSPS) is 17.5. The van der Waals surface area contributed by atoms with Crippen molar-refractivity contribution in [3.8, 4) is 0 Å². The van der Waals surface area contributed by atoms with Crippen molar-refractivity contribution < 1.29 is 0 Å². The second-order valence-electron chi connectivity index (χ2n) is 8.21. The number of hydrogen-bond acceptors (Lipinski definition) is 7. The Labute approximate surface area is 176 Å². The molecule has 2 aliphatic heterocycles. The Morgan fingerprint density at radius 2 is 1.37 bits per heavy atom. The largest absolute Gasteiger partial charge is 0.356 e. The van der Waals surface area contributed by atoms with Crippen molar-refractivity contribution in [3.05, 3.63) is 35.3 Å². The molecule has 5 rings (SSSR count). The van der Waals surface area contributed by atoms with Gasteiger partial charge in [-0.15, -0.1) is 5.10 Å². The lowest BCUT2D eigenvalue weighted by atomic mass is 10.1. The standard InChI is InChI=1S/C22H28N8/c1-16-15-23-17(2)22-26-19(27-30(16)22)9-8-18-24-20(28-10-4-3-5-11-28)14-21(25-18)29-12-6-7-13-29/h8-9,14-15H,3-7,10-13H2,1-2H3/b9-8+. The average Bonchev–Trinajstić information content (AvgIpc) is 3.46. The maximum absolute atomic E-state index is 4.86. The maximum atomic E-state index is 4.86. The molecule has 0 aromatic carbocycles. The molecule has 0 aliphatic carbocycles. The number of aromatic nitrogens is 6. The molecule has 8 nitrogen and oxygen atoms in total. The van der Waals surface area contributed by atoms with E-state index >= 15 is 0 Å². The first-order valence-electron chi connectivity index (χ1n) is 10.9. The summed E-state index contributed by atoms with van der Waals surface area (Å²) >= 11 is 0. The van der Waals surface area contributed by atoms with Crippen molar-refractivity contribution in [2.45, 2.75) is 46.0 Å². The van der Waals surface area contributed by atoms with E-state index in [0.29, 0.717) is 11.6 Å². The molecular weight excluding hydrogens is 376 g/mol. The van der Waals surface area contributed by atoms with E-state index in [1.807, 2.05) is 36.7 Å². The van der Waals surface area contributed by atoms with Gasteiger partial charge in [0, 0.05) is 38.4 Å². The van der Waals surface area contributed by atoms with Gasteiger partial charge in [-0.05, 0) is 58.1 Å². The fraction of sp³-hybridized carbons (Fsp3) is 0.500. The van der Waals surface area contributed by atoms with Crippen LogP contribution in [0, 0.1) is 13.8 Å². The van der Waals surface area contributed by atoms with Gasteiger partial charge >= 0.3 is 0 Å². The van der Waals surface area contributed by atoms with Crippen LogP contribution in [-0.2, 0) is 0 Å². The summed E-state index contributed by atoms with van der Waals surface area (Å²) in [6, 6.07) is 2.16. The van der Waals surface area contributed by atoms with Gasteiger partial charge in [0.2, 0.25) is 0 Å². The highest BCUT2D eigenvalue weighted by Crippen LogP contribution is 2.25. The molecule has 2 aliphatic rings. The summed E-state index contributed by atoms with van der Waals surface area (Å²) in [5.74, 6) is 3.42. The van der Waals surface area contributed by atoms with Gasteiger partial charge < -0.3 is 9.80 Å². The number of piperidine rings is 1. The Morgan fingerprint density at radius 1 is 0.767 bits per heavy atom. The fourth-order valence-electron chi connectivity index (χ4n) is 4.24. The number of nitrogens with zero attached hydrogens (tertiary/aromatic N) is 8. The highest BCUT2D eigenvalue weighted by atomic mass is 15.3. The van der Waals surface area contributed by atoms with E-state index < -0.39 is 0 Å². The highest BCUT2D eigenvalue weighted by Gasteiger charge is 2.19. The van der Waals surface area contributed by atoms with E-state index in [0.717, 1.165) is 54.8 Å². The van der Waals surface area contributed by atoms with Crippen LogP contribution >= 0.6 is 0 Å². The van der Waals surface area contributed by atoms with Gasteiger partial charge in [-0.2, -0.15) is 0 Å². The zero-order chi connectivity index (χ0) is 20.5. The molecule has 0 atom stereocenters. The number of aryl methyl sites for hydroxylation is 2. The molecule has 5 heterocycles. The molecule has 0 spiro atoms. The molecule has 2 fully saturated rings. The molecule has 0 bridgehead atoms. The van der Waals surface area contributed by atoms with Gasteiger partial charge in [0.05, 0.1) is 11.4 Å². The van der Waals surface area contributed by atoms with Crippen molar-refractivity contribution >= 4 is 29.4 Å². The third-order valence-electron chi connectivity index (χ3n) is 5.93. The van der Waals surface area contributed by atoms with E-state index in [2.05, 4.69) is 30.9 Å². The zero-order valence-corrected chi connectivity index (χ0v) is 17.8. The molecule has 0 amide bonds. The molecule has 0 N–H and O–H groups in total. The minimum absolute atomic E-state index is 0.642. The van der Waals surface area contributed by atoms with Crippen LogP contribution in [0.2, 0.25) is 0 Å². The molecular formula is C22H28N8. The lowest BCUT2D eigenvalue weighted by Crippen LogP contribution is -2.31. The Kier molecular flexibility index (Phi) is 5.06. The lowest BCUT2D eigenvalue weighted by Gasteiger charge is -2.29. The van der Waals surface area contributed by atoms with Crippen molar-refractivity contribution in [3.63, 3.8) is 0 Å². The minimum atomic E-state index is 0.642. The lowest BCUT2D eigenvalue weighted by molar-refractivity contribution is 0.573. The molecule has 0 saturated carbocycles. The topological polar surface area (TPSA) is 75.3 Å². The smallest absolute Gasteiger partial charge is 0.177 e. The Morgan fingerprint density at radius 3 is 2.00 bits per heavy atom. The molecule has 0 radical (unpaired) electrons. The third-order valence-corrected chi connectivity index (χ3v) is 5.93. The molecule has 3 aromatic heterocycles. The summed E-state index contributed by atoms with van der Waals surface area (Å²) < 4.78 is 1.84. The van der Waals surface area contributed by atoms with Crippen LogP contribution in [0.25, 0.3) is 17.8 Å². The Bertz CT molecular complexity index is 1040. The van der Waals surface area contributed by atoms with Gasteiger partial charge in [-0.25, -0.2) is 19.5 Å². The summed E-state index contributed by atoms with van der Waals surface area (Å²) in [6.45, 7) is 8.20. The molecule has 30 heavy (non-hydrogen) atoms. The first-order valence-corrected chi connectivity index (χ1v) is 10.9. The first kappa shape index (κ1) is 19.0. The van der Waals surface area contributed by atoms with Crippen molar-refractivity contribution in [2.24, 2.45) is 0 Å². The average molecular weight is 405 g/mol. The van der Waals surface area contributed by atoms with Crippen LogP contribution in [0.4, 0.5) is 11.6 Å². The van der Waals surface area contributed by atoms with Crippen molar-refractivity contribution in [2.75, 3.05) is 36.0 Å². The minimum Gasteiger partial charge on any atom is -0.356 e. The summed E-state index contributed by atoms with van der Waals surface area (Å²) in [7, 11) is 0.